The summed E-state index contributed by atoms with van der Waals surface area (Å²) in [5.41, 5.74) is 10.1. The van der Waals surface area contributed by atoms with Crippen molar-refractivity contribution in [3.63, 3.8) is 0 Å². The van der Waals surface area contributed by atoms with E-state index in [0.717, 1.165) is 0 Å². The fraction of sp³-hybridized carbons (Fsp3) is 0.250. The van der Waals surface area contributed by atoms with Gasteiger partial charge >= 0.3 is 0 Å². The zero-order valence-corrected chi connectivity index (χ0v) is 15.6. The van der Waals surface area contributed by atoms with E-state index < -0.39 is 5.91 Å². The lowest BCUT2D eigenvalue weighted by atomic mass is 10.1. The van der Waals surface area contributed by atoms with E-state index in [1.807, 2.05) is 32.0 Å². The molecule has 2 heterocycles. The summed E-state index contributed by atoms with van der Waals surface area (Å²) in [5.74, 6) is -0.417. The molecule has 3 N–H and O–H groups in total. The van der Waals surface area contributed by atoms with Gasteiger partial charge in [0.2, 0.25) is 11.6 Å². The Morgan fingerprint density at radius 1 is 1.33 bits per heavy atom. The smallest absolute Gasteiger partial charge is 0.293 e. The third-order valence-electron chi connectivity index (χ3n) is 3.75. The second-order valence-corrected chi connectivity index (χ2v) is 6.39. The summed E-state index contributed by atoms with van der Waals surface area (Å²) < 4.78 is 5.92. The predicted molar refractivity (Wildman–Crippen MR) is 98.8 cm³/mol. The molecule has 0 bridgehead atoms. The number of halogens is 1. The highest BCUT2D eigenvalue weighted by atomic mass is 35.5. The number of aromatic nitrogens is 5. The van der Waals surface area contributed by atoms with E-state index in [2.05, 4.69) is 35.8 Å². The van der Waals surface area contributed by atoms with E-state index in [1.165, 1.54) is 4.68 Å². The third kappa shape index (κ3) is 3.65. The van der Waals surface area contributed by atoms with Crippen molar-refractivity contribution in [3.05, 3.63) is 46.2 Å². The fourth-order valence-corrected chi connectivity index (χ4v) is 2.74. The molecule has 27 heavy (non-hydrogen) atoms. The summed E-state index contributed by atoms with van der Waals surface area (Å²) >= 11 is 6.14. The van der Waals surface area contributed by atoms with E-state index in [9.17, 15) is 4.79 Å². The molecule has 3 aromatic rings. The Morgan fingerprint density at radius 2 is 2.07 bits per heavy atom. The summed E-state index contributed by atoms with van der Waals surface area (Å²) in [6.07, 6.45) is 0. The number of nitrogen functional groups attached to an aromatic ring is 1. The van der Waals surface area contributed by atoms with Gasteiger partial charge in [-0.05, 0) is 29.2 Å². The van der Waals surface area contributed by atoms with E-state index in [0.29, 0.717) is 22.0 Å². The molecule has 0 atom stereocenters. The van der Waals surface area contributed by atoms with Gasteiger partial charge in [0.1, 0.15) is 0 Å². The molecule has 0 aliphatic heterocycles. The first kappa shape index (κ1) is 18.5. The van der Waals surface area contributed by atoms with Crippen LogP contribution in [0, 0.1) is 0 Å². The lowest BCUT2D eigenvalue weighted by Gasteiger charge is -2.08. The van der Waals surface area contributed by atoms with Gasteiger partial charge in [-0.1, -0.05) is 48.9 Å². The van der Waals surface area contributed by atoms with Crippen LogP contribution in [0.1, 0.15) is 48.4 Å². The molecule has 0 fully saturated rings. The number of hydrogen-bond donors (Lipinski definition) is 2. The molecule has 0 aliphatic rings. The van der Waals surface area contributed by atoms with Crippen molar-refractivity contribution in [2.75, 3.05) is 5.73 Å². The molecule has 3 rings (SSSR count). The summed E-state index contributed by atoms with van der Waals surface area (Å²) in [6, 6.07) is 7.20. The van der Waals surface area contributed by atoms with E-state index in [4.69, 9.17) is 17.3 Å². The van der Waals surface area contributed by atoms with Crippen molar-refractivity contribution in [1.29, 1.82) is 0 Å². The van der Waals surface area contributed by atoms with Crippen LogP contribution in [0.25, 0.3) is 5.82 Å². The number of nitrogens with two attached hydrogens (primary N) is 1. The van der Waals surface area contributed by atoms with Crippen molar-refractivity contribution < 1.29 is 9.42 Å². The van der Waals surface area contributed by atoms with E-state index in [1.54, 1.807) is 13.0 Å². The van der Waals surface area contributed by atoms with Gasteiger partial charge in [0.05, 0.1) is 11.4 Å². The van der Waals surface area contributed by atoms with Gasteiger partial charge in [-0.15, -0.1) is 5.10 Å². The first-order chi connectivity index (χ1) is 12.9. The predicted octanol–water partition coefficient (Wildman–Crippen LogP) is 2.16. The number of carbonyl (C=O) groups excluding carboxylic acids is 1. The van der Waals surface area contributed by atoms with Crippen LogP contribution in [0.2, 0.25) is 5.02 Å². The van der Waals surface area contributed by atoms with E-state index in [-0.39, 0.29) is 23.2 Å². The molecule has 140 valence electrons. The van der Waals surface area contributed by atoms with E-state index >= 15 is 0 Å². The third-order valence-corrected chi connectivity index (χ3v) is 4.08. The van der Waals surface area contributed by atoms with Gasteiger partial charge in [0.25, 0.3) is 5.91 Å². The van der Waals surface area contributed by atoms with Crippen LogP contribution in [0.4, 0.5) is 5.82 Å². The highest BCUT2D eigenvalue weighted by Crippen LogP contribution is 2.22. The fourth-order valence-electron chi connectivity index (χ4n) is 2.47. The number of amides is 1. The minimum absolute atomic E-state index is 0.0429. The SMILES string of the molecule is CC(=NNC(=O)c1nnn(-c2nonc2N)c1C(C)C)c1ccccc1Cl. The monoisotopic (exact) mass is 388 g/mol. The summed E-state index contributed by atoms with van der Waals surface area (Å²) in [4.78, 5) is 12.6. The second kappa shape index (κ2) is 7.54. The van der Waals surface area contributed by atoms with Crippen molar-refractivity contribution in [2.45, 2.75) is 26.7 Å². The Labute approximate surface area is 159 Å². The summed E-state index contributed by atoms with van der Waals surface area (Å²) in [6.45, 7) is 5.51. The number of rotatable bonds is 5. The molecule has 0 saturated carbocycles. The van der Waals surface area contributed by atoms with Crippen molar-refractivity contribution in [3.8, 4) is 5.82 Å². The quantitative estimate of drug-likeness (QED) is 0.504. The van der Waals surface area contributed by atoms with Gasteiger partial charge in [-0.25, -0.2) is 10.1 Å². The summed E-state index contributed by atoms with van der Waals surface area (Å²) in [5, 5.41) is 19.8. The van der Waals surface area contributed by atoms with Crippen LogP contribution in [-0.4, -0.2) is 36.9 Å². The molecule has 0 saturated heterocycles. The van der Waals surface area contributed by atoms with Crippen molar-refractivity contribution in [1.82, 2.24) is 30.7 Å². The Hall–Kier alpha value is -3.27. The second-order valence-electron chi connectivity index (χ2n) is 5.98. The van der Waals surface area contributed by atoms with Crippen LogP contribution in [0.5, 0.6) is 0 Å². The molecular formula is C16H17ClN8O2. The van der Waals surface area contributed by atoms with Crippen LogP contribution in [-0.2, 0) is 0 Å². The normalized spacial score (nSPS) is 11.8. The minimum Gasteiger partial charge on any atom is -0.378 e. The molecule has 1 aromatic carbocycles. The number of nitrogens with zero attached hydrogens (tertiary/aromatic N) is 6. The maximum Gasteiger partial charge on any atom is 0.293 e. The Balaban J connectivity index is 1.89. The largest absolute Gasteiger partial charge is 0.378 e. The first-order valence-electron chi connectivity index (χ1n) is 8.03. The maximum absolute atomic E-state index is 12.6. The number of carbonyl (C=O) groups is 1. The van der Waals surface area contributed by atoms with Crippen LogP contribution in [0.3, 0.4) is 0 Å². The lowest BCUT2D eigenvalue weighted by molar-refractivity contribution is 0.0948. The molecule has 0 spiro atoms. The van der Waals surface area contributed by atoms with Crippen molar-refractivity contribution in [2.24, 2.45) is 5.10 Å². The topological polar surface area (TPSA) is 137 Å². The Kier molecular flexibility index (Phi) is 5.17. The maximum atomic E-state index is 12.6. The van der Waals surface area contributed by atoms with Gasteiger partial charge in [0, 0.05) is 10.6 Å². The number of hydrazone groups is 1. The van der Waals surface area contributed by atoms with Gasteiger partial charge in [-0.2, -0.15) is 9.78 Å². The Bertz CT molecular complexity index is 1010. The molecule has 0 unspecified atom stereocenters. The highest BCUT2D eigenvalue weighted by molar-refractivity contribution is 6.34. The molecular weight excluding hydrogens is 372 g/mol. The zero-order chi connectivity index (χ0) is 19.6. The summed E-state index contributed by atoms with van der Waals surface area (Å²) in [7, 11) is 0. The van der Waals surface area contributed by atoms with Gasteiger partial charge in [0.15, 0.2) is 5.69 Å². The molecule has 11 heteroatoms. The van der Waals surface area contributed by atoms with Crippen LogP contribution in [0.15, 0.2) is 34.0 Å². The standard InChI is InChI=1S/C16H17ClN8O2/c1-8(2)13-12(20-24-25(13)15-14(18)22-27-23-15)16(26)21-19-9(3)10-6-4-5-7-11(10)17/h4-8H,1-3H3,(H2,18,22)(H,21,26). The number of hydrogen-bond acceptors (Lipinski definition) is 8. The number of nitrogens with one attached hydrogen (secondary N) is 1. The van der Waals surface area contributed by atoms with Gasteiger partial charge < -0.3 is 5.73 Å². The number of anilines is 1. The minimum atomic E-state index is -0.522. The molecule has 0 radical (unpaired) electrons. The van der Waals surface area contributed by atoms with Gasteiger partial charge in [-0.3, -0.25) is 4.79 Å². The Morgan fingerprint density at radius 3 is 2.70 bits per heavy atom. The molecule has 0 aliphatic carbocycles. The first-order valence-corrected chi connectivity index (χ1v) is 8.41. The number of benzene rings is 1. The molecule has 2 aromatic heterocycles. The average Bonchev–Trinajstić information content (AvgIpc) is 3.25. The zero-order valence-electron chi connectivity index (χ0n) is 14.8. The molecule has 10 nitrogen and oxygen atoms in total. The van der Waals surface area contributed by atoms with Crippen LogP contribution >= 0.6 is 11.6 Å². The lowest BCUT2D eigenvalue weighted by Crippen LogP contribution is -2.22. The molecule has 1 amide bonds. The van der Waals surface area contributed by atoms with Crippen molar-refractivity contribution >= 4 is 29.0 Å². The van der Waals surface area contributed by atoms with Crippen LogP contribution < -0.4 is 11.2 Å². The highest BCUT2D eigenvalue weighted by Gasteiger charge is 2.25. The average molecular weight is 389 g/mol.